The molecule has 0 aliphatic heterocycles. The van der Waals surface area contributed by atoms with Crippen molar-refractivity contribution in [1.82, 2.24) is 0 Å². The summed E-state index contributed by atoms with van der Waals surface area (Å²) in [6.45, 7) is 2.10. The molecule has 21 heavy (non-hydrogen) atoms. The first-order valence-corrected chi connectivity index (χ1v) is 7.14. The van der Waals surface area contributed by atoms with E-state index in [1.54, 1.807) is 12.1 Å². The summed E-state index contributed by atoms with van der Waals surface area (Å²) in [5, 5.41) is 9.52. The van der Waals surface area contributed by atoms with Gasteiger partial charge in [0.25, 0.3) is 0 Å². The molecule has 0 amide bonds. The summed E-state index contributed by atoms with van der Waals surface area (Å²) in [4.78, 5) is 0. The second-order valence-corrected chi connectivity index (χ2v) is 5.35. The fourth-order valence-electron chi connectivity index (χ4n) is 2.65. The zero-order chi connectivity index (χ0) is 14.7. The van der Waals surface area contributed by atoms with E-state index in [2.05, 4.69) is 55.5 Å². The summed E-state index contributed by atoms with van der Waals surface area (Å²) in [5.41, 5.74) is 4.96. The Morgan fingerprint density at radius 2 is 1.10 bits per heavy atom. The smallest absolute Gasteiger partial charge is 0.115 e. The molecule has 0 fully saturated rings. The van der Waals surface area contributed by atoms with Crippen LogP contribution in [0.2, 0.25) is 0 Å². The average Bonchev–Trinajstić information content (AvgIpc) is 2.52. The zero-order valence-corrected chi connectivity index (χ0v) is 12.0. The summed E-state index contributed by atoms with van der Waals surface area (Å²) >= 11 is 0. The molecule has 0 aliphatic rings. The van der Waals surface area contributed by atoms with Crippen LogP contribution >= 0.6 is 0 Å². The number of aryl methyl sites for hydroxylation is 1. The molecule has 0 radical (unpaired) electrons. The number of hydrogen-bond donors (Lipinski definition) is 1. The Morgan fingerprint density at radius 3 is 1.67 bits per heavy atom. The summed E-state index contributed by atoms with van der Waals surface area (Å²) in [6, 6.07) is 26.6. The molecule has 1 atom stereocenters. The second-order valence-electron chi connectivity index (χ2n) is 5.35. The summed E-state index contributed by atoms with van der Waals surface area (Å²) < 4.78 is 0. The number of benzene rings is 3. The van der Waals surface area contributed by atoms with Crippen molar-refractivity contribution in [3.8, 4) is 5.75 Å². The monoisotopic (exact) mass is 274 g/mol. The van der Waals surface area contributed by atoms with Crippen LogP contribution in [0.1, 0.15) is 28.2 Å². The molecule has 104 valence electrons. The van der Waals surface area contributed by atoms with E-state index in [1.165, 1.54) is 22.3 Å². The van der Waals surface area contributed by atoms with Crippen LogP contribution in [0, 0.1) is 6.92 Å². The van der Waals surface area contributed by atoms with Crippen LogP contribution in [0.5, 0.6) is 5.75 Å². The average molecular weight is 274 g/mol. The Morgan fingerprint density at radius 1 is 0.619 bits per heavy atom. The van der Waals surface area contributed by atoms with Crippen molar-refractivity contribution in [1.29, 1.82) is 0 Å². The summed E-state index contributed by atoms with van der Waals surface area (Å²) in [5.74, 6) is 0.488. The molecule has 0 heterocycles. The molecule has 0 bridgehead atoms. The normalized spacial score (nSPS) is 12.0. The first-order valence-electron chi connectivity index (χ1n) is 7.14. The fraction of sp³-hybridized carbons (Fsp3) is 0.100. The summed E-state index contributed by atoms with van der Waals surface area (Å²) in [6.07, 6.45) is 0. The van der Waals surface area contributed by atoms with Gasteiger partial charge >= 0.3 is 0 Å². The maximum Gasteiger partial charge on any atom is 0.115 e. The Balaban J connectivity index is 2.11. The molecule has 0 saturated carbocycles. The van der Waals surface area contributed by atoms with E-state index in [0.717, 1.165) is 0 Å². The maximum atomic E-state index is 9.52. The van der Waals surface area contributed by atoms with Crippen LogP contribution in [0.4, 0.5) is 0 Å². The van der Waals surface area contributed by atoms with Crippen molar-refractivity contribution >= 4 is 0 Å². The van der Waals surface area contributed by atoms with E-state index < -0.39 is 0 Å². The predicted molar refractivity (Wildman–Crippen MR) is 86.7 cm³/mol. The van der Waals surface area contributed by atoms with Crippen LogP contribution in [-0.4, -0.2) is 5.11 Å². The Bertz CT molecular complexity index is 652. The molecule has 1 nitrogen and oxygen atoms in total. The third-order valence-corrected chi connectivity index (χ3v) is 3.77. The van der Waals surface area contributed by atoms with Gasteiger partial charge < -0.3 is 5.11 Å². The van der Waals surface area contributed by atoms with Gasteiger partial charge in [0.15, 0.2) is 0 Å². The highest BCUT2D eigenvalue weighted by atomic mass is 16.3. The highest BCUT2D eigenvalue weighted by Gasteiger charge is 2.16. The van der Waals surface area contributed by atoms with Crippen molar-refractivity contribution in [2.24, 2.45) is 0 Å². The third kappa shape index (κ3) is 2.97. The highest BCUT2D eigenvalue weighted by molar-refractivity contribution is 5.44. The van der Waals surface area contributed by atoms with Gasteiger partial charge in [0, 0.05) is 5.92 Å². The van der Waals surface area contributed by atoms with Crippen LogP contribution in [0.15, 0.2) is 78.9 Å². The van der Waals surface area contributed by atoms with Crippen molar-refractivity contribution in [3.63, 3.8) is 0 Å². The van der Waals surface area contributed by atoms with Gasteiger partial charge in [-0.25, -0.2) is 0 Å². The van der Waals surface area contributed by atoms with Crippen molar-refractivity contribution in [2.45, 2.75) is 12.8 Å². The largest absolute Gasteiger partial charge is 0.508 e. The fourth-order valence-corrected chi connectivity index (χ4v) is 2.65. The van der Waals surface area contributed by atoms with Crippen molar-refractivity contribution < 1.29 is 5.11 Å². The van der Waals surface area contributed by atoms with Crippen LogP contribution in [-0.2, 0) is 0 Å². The Hall–Kier alpha value is -2.54. The molecule has 1 heteroatoms. The van der Waals surface area contributed by atoms with E-state index >= 15 is 0 Å². The van der Waals surface area contributed by atoms with Gasteiger partial charge in [-0.15, -0.1) is 0 Å². The van der Waals surface area contributed by atoms with Crippen molar-refractivity contribution in [3.05, 3.63) is 101 Å². The van der Waals surface area contributed by atoms with Gasteiger partial charge in [-0.1, -0.05) is 72.3 Å². The van der Waals surface area contributed by atoms with E-state index in [4.69, 9.17) is 0 Å². The Labute approximate surface area is 125 Å². The zero-order valence-electron chi connectivity index (χ0n) is 12.0. The lowest BCUT2D eigenvalue weighted by Gasteiger charge is -2.19. The topological polar surface area (TPSA) is 20.2 Å². The van der Waals surface area contributed by atoms with Crippen LogP contribution in [0.25, 0.3) is 0 Å². The first-order chi connectivity index (χ1) is 10.2. The third-order valence-electron chi connectivity index (χ3n) is 3.77. The number of rotatable bonds is 3. The van der Waals surface area contributed by atoms with E-state index in [-0.39, 0.29) is 5.92 Å². The number of phenolic OH excluding ortho intramolecular Hbond substituents is 1. The molecule has 1 unspecified atom stereocenters. The molecular weight excluding hydrogens is 256 g/mol. The minimum Gasteiger partial charge on any atom is -0.508 e. The second kappa shape index (κ2) is 5.84. The first kappa shape index (κ1) is 13.4. The molecule has 3 rings (SSSR count). The number of phenols is 1. The Kier molecular flexibility index (Phi) is 3.74. The SMILES string of the molecule is Cc1ccc(C(c2ccccc2)c2ccc(O)cc2)cc1. The standard InChI is InChI=1S/C20H18O/c1-15-7-9-17(10-8-15)20(16-5-3-2-4-6-16)18-11-13-19(21)14-12-18/h2-14,20-21H,1H3. The molecule has 0 spiro atoms. The lowest BCUT2D eigenvalue weighted by molar-refractivity contribution is 0.475. The molecule has 3 aromatic rings. The lowest BCUT2D eigenvalue weighted by Crippen LogP contribution is -2.03. The maximum absolute atomic E-state index is 9.52. The van der Waals surface area contributed by atoms with Gasteiger partial charge in [-0.05, 0) is 35.7 Å². The molecule has 3 aromatic carbocycles. The van der Waals surface area contributed by atoms with Gasteiger partial charge in [-0.2, -0.15) is 0 Å². The van der Waals surface area contributed by atoms with E-state index in [0.29, 0.717) is 5.75 Å². The summed E-state index contributed by atoms with van der Waals surface area (Å²) in [7, 11) is 0. The highest BCUT2D eigenvalue weighted by Crippen LogP contribution is 2.32. The van der Waals surface area contributed by atoms with Crippen LogP contribution in [0.3, 0.4) is 0 Å². The van der Waals surface area contributed by atoms with Crippen molar-refractivity contribution in [2.75, 3.05) is 0 Å². The number of hydrogen-bond acceptors (Lipinski definition) is 1. The van der Waals surface area contributed by atoms with E-state index in [9.17, 15) is 5.11 Å². The number of aromatic hydroxyl groups is 1. The minimum absolute atomic E-state index is 0.187. The molecule has 0 saturated heterocycles. The predicted octanol–water partition coefficient (Wildman–Crippen LogP) is 4.88. The van der Waals surface area contributed by atoms with Crippen LogP contribution < -0.4 is 0 Å². The van der Waals surface area contributed by atoms with Gasteiger partial charge in [-0.3, -0.25) is 0 Å². The lowest BCUT2D eigenvalue weighted by atomic mass is 9.85. The van der Waals surface area contributed by atoms with Gasteiger partial charge in [0.05, 0.1) is 0 Å². The quantitative estimate of drug-likeness (QED) is 0.675. The molecule has 0 aromatic heterocycles. The van der Waals surface area contributed by atoms with Gasteiger partial charge in [0.1, 0.15) is 5.75 Å². The molecular formula is C20H18O. The molecule has 0 aliphatic carbocycles. The van der Waals surface area contributed by atoms with Gasteiger partial charge in [0.2, 0.25) is 0 Å². The molecule has 1 N–H and O–H groups in total. The van der Waals surface area contributed by atoms with E-state index in [1.807, 2.05) is 18.2 Å². The minimum atomic E-state index is 0.187.